The van der Waals surface area contributed by atoms with Gasteiger partial charge in [0.05, 0.1) is 0 Å². The fraction of sp³-hybridized carbons (Fsp3) is 0.0455. The molecule has 24 heavy (non-hydrogen) atoms. The maximum Gasteiger partial charge on any atom is 0.227 e. The molecule has 5 aromatic rings. The highest BCUT2D eigenvalue weighted by Gasteiger charge is 2.13. The SMILES string of the molecule is Cc1cccc2c1ccc1ccc3nc(-c4ccccc4)oc3c12. The Balaban J connectivity index is 1.92. The Morgan fingerprint density at radius 2 is 1.58 bits per heavy atom. The number of nitrogens with zero attached hydrogens (tertiary/aromatic N) is 1. The van der Waals surface area contributed by atoms with Crippen LogP contribution in [0.5, 0.6) is 0 Å². The summed E-state index contributed by atoms with van der Waals surface area (Å²) in [6.45, 7) is 2.14. The van der Waals surface area contributed by atoms with Crippen molar-refractivity contribution in [1.29, 1.82) is 0 Å². The molecule has 1 aromatic heterocycles. The molecule has 0 amide bonds. The highest BCUT2D eigenvalue weighted by Crippen LogP contribution is 2.35. The predicted molar refractivity (Wildman–Crippen MR) is 99.2 cm³/mol. The number of aryl methyl sites for hydroxylation is 1. The normalized spacial score (nSPS) is 11.5. The van der Waals surface area contributed by atoms with Crippen molar-refractivity contribution in [2.24, 2.45) is 0 Å². The summed E-state index contributed by atoms with van der Waals surface area (Å²) in [7, 11) is 0. The van der Waals surface area contributed by atoms with E-state index in [1.165, 1.54) is 21.7 Å². The Morgan fingerprint density at radius 1 is 0.750 bits per heavy atom. The highest BCUT2D eigenvalue weighted by molar-refractivity contribution is 6.18. The minimum absolute atomic E-state index is 0.669. The van der Waals surface area contributed by atoms with E-state index in [1.807, 2.05) is 36.4 Å². The Labute approximate surface area is 139 Å². The lowest BCUT2D eigenvalue weighted by Gasteiger charge is -2.06. The van der Waals surface area contributed by atoms with E-state index < -0.39 is 0 Å². The molecular formula is C22H15NO. The van der Waals surface area contributed by atoms with Gasteiger partial charge in [0.15, 0.2) is 5.58 Å². The van der Waals surface area contributed by atoms with E-state index in [4.69, 9.17) is 9.40 Å². The second-order valence-electron chi connectivity index (χ2n) is 6.13. The standard InChI is InChI=1S/C22H15NO/c1-14-6-5-9-18-17(14)12-10-15-11-13-19-21(20(15)18)24-22(23-19)16-7-3-2-4-8-16/h2-13H,1H3. The lowest BCUT2D eigenvalue weighted by atomic mass is 9.98. The summed E-state index contributed by atoms with van der Waals surface area (Å²) in [6.07, 6.45) is 0. The lowest BCUT2D eigenvalue weighted by molar-refractivity contribution is 0.623. The number of rotatable bonds is 1. The predicted octanol–water partition coefficient (Wildman–Crippen LogP) is 6.11. The second kappa shape index (κ2) is 4.93. The van der Waals surface area contributed by atoms with Gasteiger partial charge in [-0.15, -0.1) is 0 Å². The Bertz CT molecular complexity index is 1200. The van der Waals surface area contributed by atoms with Gasteiger partial charge in [-0.1, -0.05) is 54.6 Å². The van der Waals surface area contributed by atoms with Gasteiger partial charge in [-0.3, -0.25) is 0 Å². The zero-order valence-electron chi connectivity index (χ0n) is 13.3. The minimum Gasteiger partial charge on any atom is -0.435 e. The number of oxazole rings is 1. The van der Waals surface area contributed by atoms with Crippen LogP contribution in [0.1, 0.15) is 5.56 Å². The summed E-state index contributed by atoms with van der Waals surface area (Å²) >= 11 is 0. The molecule has 5 rings (SSSR count). The van der Waals surface area contributed by atoms with Crippen molar-refractivity contribution in [3.8, 4) is 11.5 Å². The van der Waals surface area contributed by atoms with Crippen molar-refractivity contribution in [1.82, 2.24) is 4.98 Å². The molecule has 0 fully saturated rings. The first-order valence-electron chi connectivity index (χ1n) is 8.08. The Morgan fingerprint density at radius 3 is 2.46 bits per heavy atom. The van der Waals surface area contributed by atoms with Crippen molar-refractivity contribution in [3.63, 3.8) is 0 Å². The zero-order valence-corrected chi connectivity index (χ0v) is 13.3. The molecule has 0 atom stereocenters. The largest absolute Gasteiger partial charge is 0.435 e. The number of aromatic nitrogens is 1. The first-order chi connectivity index (χ1) is 11.8. The second-order valence-corrected chi connectivity index (χ2v) is 6.13. The molecule has 0 bridgehead atoms. The Kier molecular flexibility index (Phi) is 2.74. The fourth-order valence-electron chi connectivity index (χ4n) is 3.42. The average molecular weight is 309 g/mol. The van der Waals surface area contributed by atoms with Crippen LogP contribution in [0.3, 0.4) is 0 Å². The van der Waals surface area contributed by atoms with Crippen LogP contribution in [0, 0.1) is 6.92 Å². The molecule has 4 aromatic carbocycles. The van der Waals surface area contributed by atoms with Crippen LogP contribution >= 0.6 is 0 Å². The summed E-state index contributed by atoms with van der Waals surface area (Å²) < 4.78 is 6.20. The van der Waals surface area contributed by atoms with Gasteiger partial charge in [-0.25, -0.2) is 4.98 Å². The number of benzene rings is 4. The van der Waals surface area contributed by atoms with Crippen LogP contribution < -0.4 is 0 Å². The summed E-state index contributed by atoms with van der Waals surface area (Å²) in [5.74, 6) is 0.669. The van der Waals surface area contributed by atoms with E-state index in [-0.39, 0.29) is 0 Å². The third-order valence-electron chi connectivity index (χ3n) is 4.63. The van der Waals surface area contributed by atoms with Crippen LogP contribution in [0.2, 0.25) is 0 Å². The molecule has 1 heterocycles. The van der Waals surface area contributed by atoms with Gasteiger partial charge in [0.1, 0.15) is 5.52 Å². The monoisotopic (exact) mass is 309 g/mol. The first kappa shape index (κ1) is 13.3. The van der Waals surface area contributed by atoms with Gasteiger partial charge in [0.2, 0.25) is 5.89 Å². The van der Waals surface area contributed by atoms with Crippen LogP contribution in [0.25, 0.3) is 44.1 Å². The van der Waals surface area contributed by atoms with E-state index in [1.54, 1.807) is 0 Å². The van der Waals surface area contributed by atoms with Gasteiger partial charge in [0.25, 0.3) is 0 Å². The Hall–Kier alpha value is -3.13. The number of hydrogen-bond acceptors (Lipinski definition) is 2. The lowest BCUT2D eigenvalue weighted by Crippen LogP contribution is -1.81. The van der Waals surface area contributed by atoms with Crippen molar-refractivity contribution >= 4 is 32.6 Å². The molecular weight excluding hydrogens is 294 g/mol. The molecule has 114 valence electrons. The third-order valence-corrected chi connectivity index (χ3v) is 4.63. The van der Waals surface area contributed by atoms with Crippen LogP contribution in [-0.4, -0.2) is 4.98 Å². The zero-order chi connectivity index (χ0) is 16.1. The molecule has 0 saturated heterocycles. The summed E-state index contributed by atoms with van der Waals surface area (Å²) in [6, 6.07) is 25.0. The maximum atomic E-state index is 6.20. The summed E-state index contributed by atoms with van der Waals surface area (Å²) in [5, 5.41) is 4.80. The molecule has 0 aliphatic heterocycles. The molecule has 0 radical (unpaired) electrons. The third kappa shape index (κ3) is 1.86. The van der Waals surface area contributed by atoms with Gasteiger partial charge < -0.3 is 4.42 Å². The fourth-order valence-corrected chi connectivity index (χ4v) is 3.42. The van der Waals surface area contributed by atoms with Crippen molar-refractivity contribution in [2.45, 2.75) is 6.92 Å². The van der Waals surface area contributed by atoms with Crippen molar-refractivity contribution in [2.75, 3.05) is 0 Å². The van der Waals surface area contributed by atoms with Crippen molar-refractivity contribution < 1.29 is 4.42 Å². The smallest absolute Gasteiger partial charge is 0.227 e. The molecule has 2 heteroatoms. The van der Waals surface area contributed by atoms with Crippen LogP contribution in [-0.2, 0) is 0 Å². The molecule has 0 aliphatic rings. The van der Waals surface area contributed by atoms with Crippen LogP contribution in [0.15, 0.2) is 77.2 Å². The molecule has 0 saturated carbocycles. The molecule has 0 N–H and O–H groups in total. The number of hydrogen-bond donors (Lipinski definition) is 0. The first-order valence-corrected chi connectivity index (χ1v) is 8.08. The molecule has 0 aliphatic carbocycles. The van der Waals surface area contributed by atoms with Gasteiger partial charge in [-0.05, 0) is 46.8 Å². The molecule has 0 spiro atoms. The topological polar surface area (TPSA) is 26.0 Å². The van der Waals surface area contributed by atoms with Gasteiger partial charge >= 0.3 is 0 Å². The van der Waals surface area contributed by atoms with E-state index in [0.29, 0.717) is 5.89 Å². The summed E-state index contributed by atoms with van der Waals surface area (Å²) in [4.78, 5) is 4.70. The average Bonchev–Trinajstić information content (AvgIpc) is 3.07. The van der Waals surface area contributed by atoms with E-state index in [2.05, 4.69) is 43.3 Å². The number of fused-ring (bicyclic) bond motifs is 5. The van der Waals surface area contributed by atoms with E-state index in [9.17, 15) is 0 Å². The van der Waals surface area contributed by atoms with E-state index in [0.717, 1.165) is 22.0 Å². The molecule has 0 unspecified atom stereocenters. The minimum atomic E-state index is 0.669. The molecule has 2 nitrogen and oxygen atoms in total. The quantitative estimate of drug-likeness (QED) is 0.349. The maximum absolute atomic E-state index is 6.20. The van der Waals surface area contributed by atoms with E-state index >= 15 is 0 Å². The summed E-state index contributed by atoms with van der Waals surface area (Å²) in [5.41, 5.74) is 4.03. The van der Waals surface area contributed by atoms with Crippen LogP contribution in [0.4, 0.5) is 0 Å². The highest BCUT2D eigenvalue weighted by atomic mass is 16.3. The van der Waals surface area contributed by atoms with Gasteiger partial charge in [-0.2, -0.15) is 0 Å². The van der Waals surface area contributed by atoms with Crippen molar-refractivity contribution in [3.05, 3.63) is 78.4 Å². The van der Waals surface area contributed by atoms with Gasteiger partial charge in [0, 0.05) is 10.9 Å².